The lowest BCUT2D eigenvalue weighted by Gasteiger charge is -2.35. The van der Waals surface area contributed by atoms with E-state index >= 15 is 0 Å². The Morgan fingerprint density at radius 3 is 2.77 bits per heavy atom. The summed E-state index contributed by atoms with van der Waals surface area (Å²) < 4.78 is 3.06. The lowest BCUT2D eigenvalue weighted by Crippen LogP contribution is -2.46. The van der Waals surface area contributed by atoms with Crippen LogP contribution in [0.5, 0.6) is 0 Å². The van der Waals surface area contributed by atoms with Gasteiger partial charge in [0.1, 0.15) is 17.2 Å². The highest BCUT2D eigenvalue weighted by atomic mass is 32.1. The number of piperazine rings is 1. The summed E-state index contributed by atoms with van der Waals surface area (Å²) in [4.78, 5) is 18.4. The Labute approximate surface area is 154 Å². The number of fused-ring (bicyclic) bond motifs is 2. The van der Waals surface area contributed by atoms with E-state index in [-0.39, 0.29) is 0 Å². The van der Waals surface area contributed by atoms with Crippen molar-refractivity contribution in [2.45, 2.75) is 6.54 Å². The van der Waals surface area contributed by atoms with Crippen LogP contribution in [-0.4, -0.2) is 55.8 Å². The summed E-state index contributed by atoms with van der Waals surface area (Å²) in [6.07, 6.45) is 3.49. The fourth-order valence-corrected chi connectivity index (χ4v) is 4.51. The average molecular weight is 365 g/mol. The third-order valence-electron chi connectivity index (χ3n) is 4.88. The van der Waals surface area contributed by atoms with Crippen LogP contribution in [0.1, 0.15) is 5.01 Å². The molecular formula is C18H19N7S. The minimum atomic E-state index is 0.881. The lowest BCUT2D eigenvalue weighted by molar-refractivity contribution is 0.249. The van der Waals surface area contributed by atoms with Gasteiger partial charge in [-0.15, -0.1) is 11.3 Å². The van der Waals surface area contributed by atoms with Crippen LogP contribution in [0.2, 0.25) is 0 Å². The average Bonchev–Trinajstić information content (AvgIpc) is 3.25. The van der Waals surface area contributed by atoms with E-state index < -0.39 is 0 Å². The van der Waals surface area contributed by atoms with Gasteiger partial charge in [-0.25, -0.2) is 15.0 Å². The van der Waals surface area contributed by atoms with Crippen molar-refractivity contribution >= 4 is 38.4 Å². The molecule has 1 aromatic carbocycles. The van der Waals surface area contributed by atoms with Gasteiger partial charge in [0, 0.05) is 33.2 Å². The van der Waals surface area contributed by atoms with Crippen LogP contribution in [0.25, 0.3) is 21.3 Å². The van der Waals surface area contributed by atoms with Gasteiger partial charge in [0.05, 0.1) is 28.3 Å². The summed E-state index contributed by atoms with van der Waals surface area (Å²) in [5.74, 6) is 0.989. The first-order valence-corrected chi connectivity index (χ1v) is 9.54. The molecule has 4 aromatic rings. The van der Waals surface area contributed by atoms with Crippen LogP contribution >= 0.6 is 11.3 Å². The van der Waals surface area contributed by atoms with Crippen molar-refractivity contribution in [1.82, 2.24) is 29.6 Å². The number of hydrogen-bond donors (Lipinski definition) is 0. The number of hydrogen-bond acceptors (Lipinski definition) is 7. The van der Waals surface area contributed by atoms with E-state index in [1.165, 1.54) is 9.71 Å². The topological polar surface area (TPSA) is 63.0 Å². The molecule has 1 aliphatic rings. The fourth-order valence-electron chi connectivity index (χ4n) is 3.50. The largest absolute Gasteiger partial charge is 0.353 e. The second kappa shape index (κ2) is 6.30. The highest BCUT2D eigenvalue weighted by Crippen LogP contribution is 2.25. The molecule has 0 atom stereocenters. The van der Waals surface area contributed by atoms with Gasteiger partial charge in [0.25, 0.3) is 0 Å². The molecule has 0 unspecified atom stereocenters. The Morgan fingerprint density at radius 1 is 1.08 bits per heavy atom. The molecule has 0 aliphatic carbocycles. The normalized spacial score (nSPS) is 16.0. The Balaban J connectivity index is 1.29. The zero-order valence-corrected chi connectivity index (χ0v) is 15.4. The molecule has 0 amide bonds. The van der Waals surface area contributed by atoms with E-state index in [4.69, 9.17) is 4.98 Å². The van der Waals surface area contributed by atoms with Crippen LogP contribution < -0.4 is 4.90 Å². The minimum Gasteiger partial charge on any atom is -0.353 e. The zero-order valence-electron chi connectivity index (χ0n) is 14.5. The van der Waals surface area contributed by atoms with Crippen LogP contribution in [0.15, 0.2) is 36.8 Å². The molecule has 1 saturated heterocycles. The SMILES string of the molecule is Cn1ncc2c(N3CCN(Cc4nc5ccccc5s4)CC3)ncnc21. The van der Waals surface area contributed by atoms with Crippen LogP contribution in [-0.2, 0) is 13.6 Å². The highest BCUT2D eigenvalue weighted by Gasteiger charge is 2.21. The van der Waals surface area contributed by atoms with Crippen LogP contribution in [0.4, 0.5) is 5.82 Å². The predicted octanol–water partition coefficient (Wildman–Crippen LogP) is 2.30. The van der Waals surface area contributed by atoms with Gasteiger partial charge in [-0.05, 0) is 12.1 Å². The first-order chi connectivity index (χ1) is 12.8. The summed E-state index contributed by atoms with van der Waals surface area (Å²) in [7, 11) is 1.91. The van der Waals surface area contributed by atoms with E-state index in [9.17, 15) is 0 Å². The van der Waals surface area contributed by atoms with Crippen molar-refractivity contribution in [3.05, 3.63) is 41.8 Å². The number of benzene rings is 1. The van der Waals surface area contributed by atoms with Gasteiger partial charge in [0.15, 0.2) is 5.65 Å². The maximum atomic E-state index is 4.76. The first-order valence-electron chi connectivity index (χ1n) is 8.72. The van der Waals surface area contributed by atoms with Crippen molar-refractivity contribution in [2.24, 2.45) is 7.05 Å². The standard InChI is InChI=1S/C18H19N7S/c1-23-17-13(10-21-23)18(20-12-19-17)25-8-6-24(7-9-25)11-16-22-14-4-2-3-5-15(14)26-16/h2-5,10,12H,6-9,11H2,1H3. The van der Waals surface area contributed by atoms with Crippen molar-refractivity contribution in [3.63, 3.8) is 0 Å². The second-order valence-electron chi connectivity index (χ2n) is 6.54. The number of aryl methyl sites for hydroxylation is 1. The van der Waals surface area contributed by atoms with Gasteiger partial charge >= 0.3 is 0 Å². The van der Waals surface area contributed by atoms with E-state index in [1.54, 1.807) is 22.3 Å². The third-order valence-corrected chi connectivity index (χ3v) is 5.90. The van der Waals surface area contributed by atoms with Gasteiger partial charge in [-0.1, -0.05) is 12.1 Å². The Hall–Kier alpha value is -2.58. The maximum Gasteiger partial charge on any atom is 0.163 e. The smallest absolute Gasteiger partial charge is 0.163 e. The van der Waals surface area contributed by atoms with Crippen molar-refractivity contribution in [1.29, 1.82) is 0 Å². The van der Waals surface area contributed by atoms with E-state index in [0.29, 0.717) is 0 Å². The number of aromatic nitrogens is 5. The molecule has 1 aliphatic heterocycles. The minimum absolute atomic E-state index is 0.881. The Morgan fingerprint density at radius 2 is 1.92 bits per heavy atom. The van der Waals surface area contributed by atoms with E-state index in [2.05, 4.69) is 43.1 Å². The van der Waals surface area contributed by atoms with Crippen molar-refractivity contribution in [3.8, 4) is 0 Å². The molecule has 0 radical (unpaired) electrons. The molecule has 0 spiro atoms. The quantitative estimate of drug-likeness (QED) is 0.555. The molecule has 1 fully saturated rings. The fraction of sp³-hybridized carbons (Fsp3) is 0.333. The first kappa shape index (κ1) is 15.7. The highest BCUT2D eigenvalue weighted by molar-refractivity contribution is 7.18. The lowest BCUT2D eigenvalue weighted by atomic mass is 10.3. The monoisotopic (exact) mass is 365 g/mol. The van der Waals surface area contributed by atoms with Gasteiger partial charge in [-0.3, -0.25) is 9.58 Å². The molecule has 8 heteroatoms. The summed E-state index contributed by atoms with van der Waals surface area (Å²) in [5.41, 5.74) is 1.98. The summed E-state index contributed by atoms with van der Waals surface area (Å²) in [6.45, 7) is 4.82. The Bertz CT molecular complexity index is 1030. The third kappa shape index (κ3) is 2.71. The molecule has 5 rings (SSSR count). The molecular weight excluding hydrogens is 346 g/mol. The predicted molar refractivity (Wildman–Crippen MR) is 103 cm³/mol. The van der Waals surface area contributed by atoms with Crippen LogP contribution in [0.3, 0.4) is 0 Å². The van der Waals surface area contributed by atoms with E-state index in [1.807, 2.05) is 19.3 Å². The molecule has 3 aromatic heterocycles. The number of anilines is 1. The van der Waals surface area contributed by atoms with Gasteiger partial charge in [-0.2, -0.15) is 5.10 Å². The Kier molecular flexibility index (Phi) is 3.79. The molecule has 7 nitrogen and oxygen atoms in total. The number of nitrogens with zero attached hydrogens (tertiary/aromatic N) is 7. The second-order valence-corrected chi connectivity index (χ2v) is 7.66. The van der Waals surface area contributed by atoms with E-state index in [0.717, 1.165) is 55.1 Å². The summed E-state index contributed by atoms with van der Waals surface area (Å²) in [6, 6.07) is 8.35. The maximum absolute atomic E-state index is 4.76. The molecule has 26 heavy (non-hydrogen) atoms. The van der Waals surface area contributed by atoms with Crippen LogP contribution in [0, 0.1) is 0 Å². The number of para-hydroxylation sites is 1. The molecule has 132 valence electrons. The number of thiazole rings is 1. The number of rotatable bonds is 3. The molecule has 0 saturated carbocycles. The summed E-state index contributed by atoms with van der Waals surface area (Å²) >= 11 is 1.79. The van der Waals surface area contributed by atoms with Crippen molar-refractivity contribution < 1.29 is 0 Å². The molecule has 4 heterocycles. The molecule has 0 bridgehead atoms. The van der Waals surface area contributed by atoms with Gasteiger partial charge in [0.2, 0.25) is 0 Å². The van der Waals surface area contributed by atoms with Crippen molar-refractivity contribution in [2.75, 3.05) is 31.1 Å². The summed E-state index contributed by atoms with van der Waals surface area (Å²) in [5, 5.41) is 6.53. The zero-order chi connectivity index (χ0) is 17.5. The molecule has 0 N–H and O–H groups in total. The van der Waals surface area contributed by atoms with Gasteiger partial charge < -0.3 is 4.90 Å².